The minimum Gasteiger partial charge on any atom is -0.412 e. The van der Waals surface area contributed by atoms with Crippen molar-refractivity contribution in [1.29, 1.82) is 0 Å². The number of hydrogen-bond donors (Lipinski definition) is 12. The SMILES string of the molecule is CCC(O)O.CCC(O)O.CCC(O)O.CCC(O)O.CCC(O)O.CCC(O)O.O.O.O.O.O.[Mo].[Mo].[Mo]. The fourth-order valence-corrected chi connectivity index (χ4v) is 0. The first kappa shape index (κ1) is 90.1. The topological polar surface area (TPSA) is 400 Å². The fraction of sp³-hybridized carbons (Fsp3) is 1.00. The van der Waals surface area contributed by atoms with E-state index in [1.54, 1.807) is 41.5 Å². The van der Waals surface area contributed by atoms with Crippen molar-refractivity contribution in [2.24, 2.45) is 0 Å². The molecule has 0 atom stereocenters. The molecule has 0 amide bonds. The third-order valence-corrected chi connectivity index (χ3v) is 2.19. The van der Waals surface area contributed by atoms with E-state index < -0.39 is 37.7 Å². The second kappa shape index (κ2) is 83.3. The van der Waals surface area contributed by atoms with Gasteiger partial charge in [-0.3, -0.25) is 0 Å². The number of aliphatic hydroxyl groups is 12. The molecule has 0 aromatic rings. The monoisotopic (exact) mass is 840 g/mol. The van der Waals surface area contributed by atoms with Gasteiger partial charge >= 0.3 is 0 Å². The van der Waals surface area contributed by atoms with Crippen molar-refractivity contribution in [1.82, 2.24) is 0 Å². The Hall–Kier alpha value is 1.38. The smallest absolute Gasteiger partial charge is 0.151 e. The first-order chi connectivity index (χ1) is 13.6. The Bertz CT molecular complexity index is 196. The second-order valence-electron chi connectivity index (χ2n) is 5.33. The van der Waals surface area contributed by atoms with Crippen LogP contribution in [0.25, 0.3) is 0 Å². The molecule has 17 nitrogen and oxygen atoms in total. The predicted octanol–water partition coefficient (Wildman–Crippen LogP) is -5.89. The van der Waals surface area contributed by atoms with Crippen LogP contribution >= 0.6 is 0 Å². The van der Waals surface area contributed by atoms with Crippen LogP contribution in [0, 0.1) is 0 Å². The molecule has 22 N–H and O–H groups in total. The van der Waals surface area contributed by atoms with Gasteiger partial charge in [0.1, 0.15) is 0 Å². The molecule has 0 aliphatic carbocycles. The van der Waals surface area contributed by atoms with Crippen LogP contribution in [0.5, 0.6) is 0 Å². The molecule has 38 heavy (non-hydrogen) atoms. The summed E-state index contributed by atoms with van der Waals surface area (Å²) in [6.45, 7) is 10.2. The Morgan fingerprint density at radius 3 is 0.289 bits per heavy atom. The van der Waals surface area contributed by atoms with Crippen LogP contribution in [0.4, 0.5) is 0 Å². The number of hydrogen-bond acceptors (Lipinski definition) is 12. The molecule has 0 fully saturated rings. The van der Waals surface area contributed by atoms with Gasteiger partial charge in [0.15, 0.2) is 37.7 Å². The van der Waals surface area contributed by atoms with Crippen LogP contribution in [0.15, 0.2) is 0 Å². The van der Waals surface area contributed by atoms with E-state index in [2.05, 4.69) is 0 Å². The predicted molar refractivity (Wildman–Crippen MR) is 129 cm³/mol. The van der Waals surface area contributed by atoms with Gasteiger partial charge in [-0.1, -0.05) is 41.5 Å². The Balaban J connectivity index is -0.0000000145. The molecule has 0 spiro atoms. The van der Waals surface area contributed by atoms with Crippen LogP contribution in [0.1, 0.15) is 80.1 Å². The van der Waals surface area contributed by atoms with Crippen LogP contribution in [-0.2, 0) is 63.2 Å². The van der Waals surface area contributed by atoms with Crippen molar-refractivity contribution in [2.45, 2.75) is 118 Å². The zero-order valence-corrected chi connectivity index (χ0v) is 28.8. The van der Waals surface area contributed by atoms with Crippen LogP contribution in [0.3, 0.4) is 0 Å². The van der Waals surface area contributed by atoms with E-state index in [1.165, 1.54) is 0 Å². The molecule has 0 saturated heterocycles. The van der Waals surface area contributed by atoms with Crippen LogP contribution in [-0.4, -0.2) is 126 Å². The molecule has 0 bridgehead atoms. The van der Waals surface area contributed by atoms with E-state index in [-0.39, 0.29) is 90.6 Å². The van der Waals surface area contributed by atoms with E-state index in [4.69, 9.17) is 61.3 Å². The van der Waals surface area contributed by atoms with E-state index in [1.807, 2.05) is 0 Å². The summed E-state index contributed by atoms with van der Waals surface area (Å²) in [6.07, 6.45) is -4.19. The van der Waals surface area contributed by atoms with Gasteiger partial charge in [-0.15, -0.1) is 0 Å². The zero-order valence-electron chi connectivity index (χ0n) is 22.8. The van der Waals surface area contributed by atoms with Crippen molar-refractivity contribution in [3.05, 3.63) is 0 Å². The molecule has 0 aliphatic heterocycles. The van der Waals surface area contributed by atoms with Crippen molar-refractivity contribution >= 4 is 0 Å². The molecular weight excluding hydrogens is 776 g/mol. The molecule has 20 heteroatoms. The van der Waals surface area contributed by atoms with E-state index >= 15 is 0 Å². The first-order valence-corrected chi connectivity index (χ1v) is 9.79. The maximum atomic E-state index is 7.92. The van der Waals surface area contributed by atoms with E-state index in [0.29, 0.717) is 38.5 Å². The second-order valence-corrected chi connectivity index (χ2v) is 5.33. The molecule has 0 rings (SSSR count). The Labute approximate surface area is 268 Å². The molecule has 0 aliphatic rings. The van der Waals surface area contributed by atoms with Gasteiger partial charge in [0.05, 0.1) is 0 Å². The average molecular weight is 834 g/mol. The minimum atomic E-state index is -1.12. The molecule has 0 aromatic heterocycles. The normalized spacial score (nSPS) is 7.58. The first-order valence-electron chi connectivity index (χ1n) is 9.79. The maximum absolute atomic E-state index is 7.92. The van der Waals surface area contributed by atoms with Crippen molar-refractivity contribution in [2.75, 3.05) is 0 Å². The average Bonchev–Trinajstić information content (AvgIpc) is 2.69. The van der Waals surface area contributed by atoms with Crippen LogP contribution in [0.2, 0.25) is 0 Å². The number of rotatable bonds is 6. The van der Waals surface area contributed by atoms with Crippen molar-refractivity contribution < 1.29 is 152 Å². The Morgan fingerprint density at radius 1 is 0.263 bits per heavy atom. The summed E-state index contributed by atoms with van der Waals surface area (Å²) in [5.41, 5.74) is 0. The van der Waals surface area contributed by atoms with Gasteiger partial charge in [-0.05, 0) is 38.5 Å². The van der Waals surface area contributed by atoms with Gasteiger partial charge in [-0.2, -0.15) is 0 Å². The minimum absolute atomic E-state index is 0. The summed E-state index contributed by atoms with van der Waals surface area (Å²) in [5, 5.41) is 95.0. The van der Waals surface area contributed by atoms with Gasteiger partial charge in [0, 0.05) is 63.2 Å². The van der Waals surface area contributed by atoms with Gasteiger partial charge < -0.3 is 88.7 Å². The Kier molecular flexibility index (Phi) is 197. The third-order valence-electron chi connectivity index (χ3n) is 2.19. The van der Waals surface area contributed by atoms with Gasteiger partial charge in [0.25, 0.3) is 0 Å². The molecule has 0 unspecified atom stereocenters. The summed E-state index contributed by atoms with van der Waals surface area (Å²) >= 11 is 0. The van der Waals surface area contributed by atoms with Gasteiger partial charge in [-0.25, -0.2) is 0 Å². The molecule has 0 radical (unpaired) electrons. The summed E-state index contributed by atoms with van der Waals surface area (Å²) in [5.74, 6) is 0. The molecule has 0 aromatic carbocycles. The summed E-state index contributed by atoms with van der Waals surface area (Å²) < 4.78 is 0. The van der Waals surface area contributed by atoms with Crippen molar-refractivity contribution in [3.8, 4) is 0 Å². The summed E-state index contributed by atoms with van der Waals surface area (Å²) in [4.78, 5) is 0. The van der Waals surface area contributed by atoms with Gasteiger partial charge in [0.2, 0.25) is 0 Å². The maximum Gasteiger partial charge on any atom is 0.151 e. The van der Waals surface area contributed by atoms with E-state index in [0.717, 1.165) is 0 Å². The largest absolute Gasteiger partial charge is 0.412 e. The van der Waals surface area contributed by atoms with Crippen molar-refractivity contribution in [3.63, 3.8) is 0 Å². The summed E-state index contributed by atoms with van der Waals surface area (Å²) in [6, 6.07) is 0. The zero-order chi connectivity index (χ0) is 25.7. The van der Waals surface area contributed by atoms with E-state index in [9.17, 15) is 0 Å². The molecule has 0 saturated carbocycles. The number of aliphatic hydroxyl groups excluding tert-OH is 6. The molecule has 0 heterocycles. The summed E-state index contributed by atoms with van der Waals surface area (Å²) in [7, 11) is 0. The standard InChI is InChI=1S/6C3H8O2.3Mo.5H2O/c6*1-2-3(4)5;;;;;;;;/h6*3-5H,2H2,1H3;;;;5*1H2. The Morgan fingerprint density at radius 2 is 0.289 bits per heavy atom. The molecule has 250 valence electrons. The fourth-order valence-electron chi connectivity index (χ4n) is 0. The quantitative estimate of drug-likeness (QED) is 0.0880. The third kappa shape index (κ3) is 276. The molecular formula is C18H58Mo3O17. The van der Waals surface area contributed by atoms with Crippen LogP contribution < -0.4 is 0 Å².